The average Bonchev–Trinajstić information content (AvgIpc) is 2.86. The van der Waals surface area contributed by atoms with Crippen molar-refractivity contribution in [3.63, 3.8) is 0 Å². The van der Waals surface area contributed by atoms with Gasteiger partial charge < -0.3 is 9.63 Å². The van der Waals surface area contributed by atoms with Crippen LogP contribution in [0.5, 0.6) is 0 Å². The van der Waals surface area contributed by atoms with Gasteiger partial charge in [0.2, 0.25) is 11.7 Å². The van der Waals surface area contributed by atoms with Gasteiger partial charge in [0.1, 0.15) is 6.33 Å². The molecule has 2 aromatic rings. The smallest absolute Gasteiger partial charge is 0.239 e. The molecule has 86 valence electrons. The normalized spacial score (nSPS) is 14.9. The second-order valence-electron chi connectivity index (χ2n) is 3.55. The fraction of sp³-hybridized carbons (Fsp3) is 0.556. The van der Waals surface area contributed by atoms with Crippen molar-refractivity contribution in [3.8, 4) is 11.6 Å². The molecule has 0 aliphatic rings. The minimum atomic E-state index is -0.520. The molecule has 0 saturated carbocycles. The summed E-state index contributed by atoms with van der Waals surface area (Å²) in [7, 11) is 0. The highest BCUT2D eigenvalue weighted by Crippen LogP contribution is 2.23. The number of rotatable bonds is 4. The molecule has 7 nitrogen and oxygen atoms in total. The van der Waals surface area contributed by atoms with E-state index in [9.17, 15) is 5.11 Å². The Morgan fingerprint density at radius 2 is 2.38 bits per heavy atom. The Labute approximate surface area is 91.9 Å². The Balaban J connectivity index is 2.25. The van der Waals surface area contributed by atoms with Gasteiger partial charge >= 0.3 is 0 Å². The summed E-state index contributed by atoms with van der Waals surface area (Å²) >= 11 is 0. The predicted molar refractivity (Wildman–Crippen MR) is 54.4 cm³/mol. The number of aliphatic hydroxyl groups excluding tert-OH is 1. The third kappa shape index (κ3) is 1.94. The van der Waals surface area contributed by atoms with Gasteiger partial charge in [-0.05, 0) is 13.3 Å². The highest BCUT2D eigenvalue weighted by Gasteiger charge is 2.22. The average molecular weight is 223 g/mol. The Kier molecular flexibility index (Phi) is 2.95. The van der Waals surface area contributed by atoms with E-state index >= 15 is 0 Å². The minimum Gasteiger partial charge on any atom is -0.393 e. The molecule has 0 spiro atoms. The Morgan fingerprint density at radius 3 is 2.94 bits per heavy atom. The van der Waals surface area contributed by atoms with Gasteiger partial charge in [0, 0.05) is 0 Å². The molecule has 2 rings (SSSR count). The van der Waals surface area contributed by atoms with E-state index in [1.165, 1.54) is 6.33 Å². The molecule has 2 atom stereocenters. The summed E-state index contributed by atoms with van der Waals surface area (Å²) in [4.78, 5) is 8.09. The first-order valence-corrected chi connectivity index (χ1v) is 5.09. The monoisotopic (exact) mass is 223 g/mol. The summed E-state index contributed by atoms with van der Waals surface area (Å²) in [5.41, 5.74) is 0. The standard InChI is InChI=1S/C9H13N5O2/c1-3-6(5(2)15)9-12-8(14-16-9)7-10-4-11-13-7/h4-6,15H,3H2,1-2H3,(H,10,11,13). The number of H-pyrrole nitrogens is 1. The lowest BCUT2D eigenvalue weighted by Gasteiger charge is -2.12. The molecule has 0 bridgehead atoms. The fourth-order valence-corrected chi connectivity index (χ4v) is 1.52. The first-order chi connectivity index (χ1) is 7.72. The van der Waals surface area contributed by atoms with E-state index in [-0.39, 0.29) is 5.92 Å². The van der Waals surface area contributed by atoms with Crippen molar-refractivity contribution < 1.29 is 9.63 Å². The lowest BCUT2D eigenvalue weighted by Crippen LogP contribution is -2.14. The number of nitrogens with one attached hydrogen (secondary N) is 1. The van der Waals surface area contributed by atoms with E-state index in [2.05, 4.69) is 25.3 Å². The predicted octanol–water partition coefficient (Wildman–Crippen LogP) is 0.729. The van der Waals surface area contributed by atoms with E-state index in [1.54, 1.807) is 6.92 Å². The fourth-order valence-electron chi connectivity index (χ4n) is 1.52. The molecule has 0 aliphatic heterocycles. The van der Waals surface area contributed by atoms with Gasteiger partial charge in [-0.15, -0.1) is 0 Å². The molecule has 0 amide bonds. The highest BCUT2D eigenvalue weighted by molar-refractivity contribution is 5.39. The van der Waals surface area contributed by atoms with Crippen LogP contribution in [0.4, 0.5) is 0 Å². The van der Waals surface area contributed by atoms with Crippen molar-refractivity contribution in [1.82, 2.24) is 25.3 Å². The number of aromatic nitrogens is 5. The summed E-state index contributed by atoms with van der Waals surface area (Å²) in [6, 6.07) is 0. The van der Waals surface area contributed by atoms with Crippen LogP contribution >= 0.6 is 0 Å². The first kappa shape index (κ1) is 10.7. The zero-order chi connectivity index (χ0) is 11.5. The van der Waals surface area contributed by atoms with E-state index in [0.717, 1.165) is 6.42 Å². The molecule has 2 unspecified atom stereocenters. The van der Waals surface area contributed by atoms with Gasteiger partial charge in [-0.25, -0.2) is 4.98 Å². The second kappa shape index (κ2) is 4.40. The Bertz CT molecular complexity index is 436. The molecule has 2 heterocycles. The summed E-state index contributed by atoms with van der Waals surface area (Å²) in [6.45, 7) is 3.65. The second-order valence-corrected chi connectivity index (χ2v) is 3.55. The zero-order valence-electron chi connectivity index (χ0n) is 9.08. The van der Waals surface area contributed by atoms with Crippen LogP contribution in [0.15, 0.2) is 10.9 Å². The topological polar surface area (TPSA) is 101 Å². The molecule has 2 aromatic heterocycles. The highest BCUT2D eigenvalue weighted by atomic mass is 16.5. The molecule has 0 fully saturated rings. The molecule has 0 aromatic carbocycles. The number of hydrogen-bond donors (Lipinski definition) is 2. The maximum Gasteiger partial charge on any atom is 0.239 e. The molecule has 7 heteroatoms. The third-order valence-corrected chi connectivity index (χ3v) is 2.41. The van der Waals surface area contributed by atoms with Crippen molar-refractivity contribution in [2.45, 2.75) is 32.3 Å². The van der Waals surface area contributed by atoms with Gasteiger partial charge in [0.15, 0.2) is 5.82 Å². The van der Waals surface area contributed by atoms with E-state index < -0.39 is 6.10 Å². The molecular weight excluding hydrogens is 210 g/mol. The van der Waals surface area contributed by atoms with E-state index in [4.69, 9.17) is 4.52 Å². The number of nitrogens with zero attached hydrogens (tertiary/aromatic N) is 4. The van der Waals surface area contributed by atoms with Gasteiger partial charge in [-0.3, -0.25) is 5.10 Å². The van der Waals surface area contributed by atoms with E-state index in [1.807, 2.05) is 6.92 Å². The molecule has 0 aliphatic carbocycles. The van der Waals surface area contributed by atoms with Crippen LogP contribution in [0.2, 0.25) is 0 Å². The summed E-state index contributed by atoms with van der Waals surface area (Å²) in [5, 5.41) is 19.7. The number of hydrogen-bond acceptors (Lipinski definition) is 6. The van der Waals surface area contributed by atoms with Crippen LogP contribution in [-0.2, 0) is 0 Å². The van der Waals surface area contributed by atoms with Crippen LogP contribution < -0.4 is 0 Å². The lowest BCUT2D eigenvalue weighted by molar-refractivity contribution is 0.141. The number of aliphatic hydroxyl groups is 1. The molecule has 2 N–H and O–H groups in total. The van der Waals surface area contributed by atoms with Crippen molar-refractivity contribution in [2.24, 2.45) is 0 Å². The van der Waals surface area contributed by atoms with Gasteiger partial charge in [-0.2, -0.15) is 10.1 Å². The van der Waals surface area contributed by atoms with Crippen molar-refractivity contribution in [1.29, 1.82) is 0 Å². The zero-order valence-corrected chi connectivity index (χ0v) is 9.08. The first-order valence-electron chi connectivity index (χ1n) is 5.09. The van der Waals surface area contributed by atoms with Gasteiger partial charge in [-0.1, -0.05) is 12.1 Å². The minimum absolute atomic E-state index is 0.149. The maximum absolute atomic E-state index is 9.54. The quantitative estimate of drug-likeness (QED) is 0.792. The lowest BCUT2D eigenvalue weighted by atomic mass is 10.0. The molecule has 16 heavy (non-hydrogen) atoms. The Morgan fingerprint density at radius 1 is 1.56 bits per heavy atom. The Hall–Kier alpha value is -1.76. The maximum atomic E-state index is 9.54. The van der Waals surface area contributed by atoms with Crippen molar-refractivity contribution >= 4 is 0 Å². The SMILES string of the molecule is CCC(c1nc(-c2ncn[nH]2)no1)C(C)O. The van der Waals surface area contributed by atoms with Crippen molar-refractivity contribution in [3.05, 3.63) is 12.2 Å². The summed E-state index contributed by atoms with van der Waals surface area (Å²) in [5.74, 6) is 1.08. The molecular formula is C9H13N5O2. The third-order valence-electron chi connectivity index (χ3n) is 2.41. The van der Waals surface area contributed by atoms with Crippen LogP contribution in [0.25, 0.3) is 11.6 Å². The van der Waals surface area contributed by atoms with E-state index in [0.29, 0.717) is 17.5 Å². The summed E-state index contributed by atoms with van der Waals surface area (Å²) in [6.07, 6.45) is 1.58. The number of aromatic amines is 1. The summed E-state index contributed by atoms with van der Waals surface area (Å²) < 4.78 is 5.09. The van der Waals surface area contributed by atoms with Crippen LogP contribution in [0.1, 0.15) is 32.1 Å². The van der Waals surface area contributed by atoms with Crippen LogP contribution in [-0.4, -0.2) is 36.5 Å². The van der Waals surface area contributed by atoms with Gasteiger partial charge in [0.25, 0.3) is 0 Å². The van der Waals surface area contributed by atoms with Gasteiger partial charge in [0.05, 0.1) is 12.0 Å². The largest absolute Gasteiger partial charge is 0.393 e. The van der Waals surface area contributed by atoms with Crippen molar-refractivity contribution in [2.75, 3.05) is 0 Å². The van der Waals surface area contributed by atoms with Crippen LogP contribution in [0, 0.1) is 0 Å². The molecule has 0 radical (unpaired) electrons. The molecule has 0 saturated heterocycles. The van der Waals surface area contributed by atoms with Crippen LogP contribution in [0.3, 0.4) is 0 Å².